The van der Waals surface area contributed by atoms with Crippen LogP contribution < -0.4 is 10.2 Å². The van der Waals surface area contributed by atoms with Gasteiger partial charge in [-0.1, -0.05) is 0 Å². The molecule has 2 rings (SSSR count). The third-order valence-corrected chi connectivity index (χ3v) is 2.52. The number of nitrogens with one attached hydrogen (secondary N) is 1. The number of aryl methyl sites for hydroxylation is 1. The largest absolute Gasteiger partial charge is 0.326 e. The van der Waals surface area contributed by atoms with Crippen molar-refractivity contribution in [3.05, 3.63) is 23.8 Å². The van der Waals surface area contributed by atoms with Crippen molar-refractivity contribution < 1.29 is 4.79 Å². The lowest BCUT2D eigenvalue weighted by molar-refractivity contribution is -0.116. The average molecular weight is 201 g/mol. The first kappa shape index (κ1) is 9.53. The molecule has 0 aliphatic carbocycles. The number of nitriles is 1. The number of amides is 1. The van der Waals surface area contributed by atoms with E-state index in [-0.39, 0.29) is 5.91 Å². The quantitative estimate of drug-likeness (QED) is 0.553. The van der Waals surface area contributed by atoms with Crippen molar-refractivity contribution in [3.63, 3.8) is 0 Å². The van der Waals surface area contributed by atoms with Gasteiger partial charge in [0.25, 0.3) is 0 Å². The van der Waals surface area contributed by atoms with E-state index in [1.807, 2.05) is 24.4 Å². The van der Waals surface area contributed by atoms with E-state index in [2.05, 4.69) is 5.32 Å². The summed E-state index contributed by atoms with van der Waals surface area (Å²) in [6.07, 6.45) is 3.31. The highest BCUT2D eigenvalue weighted by Gasteiger charge is 2.15. The maximum absolute atomic E-state index is 11.1. The van der Waals surface area contributed by atoms with Gasteiger partial charge in [0.1, 0.15) is 0 Å². The van der Waals surface area contributed by atoms with Gasteiger partial charge in [-0.15, -0.1) is 0 Å². The molecule has 0 bridgehead atoms. The Balaban J connectivity index is 2.35. The molecule has 4 nitrogen and oxygen atoms in total. The van der Waals surface area contributed by atoms with E-state index in [0.717, 1.165) is 23.4 Å². The zero-order valence-corrected chi connectivity index (χ0v) is 8.45. The first-order valence-electron chi connectivity index (χ1n) is 4.77. The highest BCUT2D eigenvalue weighted by atomic mass is 16.1. The molecular formula is C11H11N3O. The second-order valence-corrected chi connectivity index (χ2v) is 3.55. The summed E-state index contributed by atoms with van der Waals surface area (Å²) >= 11 is 0. The Morgan fingerprint density at radius 3 is 3.00 bits per heavy atom. The minimum absolute atomic E-state index is 0.0592. The molecule has 15 heavy (non-hydrogen) atoms. The topological polar surface area (TPSA) is 56.1 Å². The van der Waals surface area contributed by atoms with Crippen molar-refractivity contribution in [3.8, 4) is 6.19 Å². The van der Waals surface area contributed by atoms with Crippen LogP contribution in [0.5, 0.6) is 0 Å². The summed E-state index contributed by atoms with van der Waals surface area (Å²) in [5.74, 6) is 0.0592. The molecule has 0 fully saturated rings. The number of carbonyl (C=O) groups excluding carboxylic acids is 1. The van der Waals surface area contributed by atoms with E-state index >= 15 is 0 Å². The number of rotatable bonds is 1. The van der Waals surface area contributed by atoms with Crippen molar-refractivity contribution in [2.24, 2.45) is 0 Å². The minimum Gasteiger partial charge on any atom is -0.326 e. The summed E-state index contributed by atoms with van der Waals surface area (Å²) in [5, 5.41) is 11.5. The molecule has 0 saturated heterocycles. The van der Waals surface area contributed by atoms with Gasteiger partial charge in [-0.2, -0.15) is 5.26 Å². The standard InChI is InChI=1S/C11H11N3O/c1-14(7-12)9-3-4-10-8(6-9)2-5-11(15)13-10/h3-4,6H,2,5H2,1H3,(H,13,15). The van der Waals surface area contributed by atoms with Gasteiger partial charge < -0.3 is 5.32 Å². The Morgan fingerprint density at radius 2 is 2.27 bits per heavy atom. The number of carbonyl (C=O) groups is 1. The first-order valence-corrected chi connectivity index (χ1v) is 4.77. The van der Waals surface area contributed by atoms with Crippen LogP contribution in [0.3, 0.4) is 0 Å². The lowest BCUT2D eigenvalue weighted by Crippen LogP contribution is -2.19. The average Bonchev–Trinajstić information content (AvgIpc) is 2.27. The maximum Gasteiger partial charge on any atom is 0.224 e. The maximum atomic E-state index is 11.1. The van der Waals surface area contributed by atoms with Gasteiger partial charge in [0.15, 0.2) is 6.19 Å². The van der Waals surface area contributed by atoms with Crippen molar-refractivity contribution in [2.45, 2.75) is 12.8 Å². The van der Waals surface area contributed by atoms with Crippen LogP contribution in [0.1, 0.15) is 12.0 Å². The summed E-state index contributed by atoms with van der Waals surface area (Å²) in [5.41, 5.74) is 2.81. The smallest absolute Gasteiger partial charge is 0.224 e. The van der Waals surface area contributed by atoms with E-state index < -0.39 is 0 Å². The van der Waals surface area contributed by atoms with Crippen LogP contribution in [0.25, 0.3) is 0 Å². The highest BCUT2D eigenvalue weighted by Crippen LogP contribution is 2.26. The molecule has 1 aromatic rings. The fraction of sp³-hybridized carbons (Fsp3) is 0.273. The predicted molar refractivity (Wildman–Crippen MR) is 57.4 cm³/mol. The molecule has 76 valence electrons. The van der Waals surface area contributed by atoms with Gasteiger partial charge in [-0.3, -0.25) is 9.69 Å². The second kappa shape index (κ2) is 3.62. The monoisotopic (exact) mass is 201 g/mol. The molecule has 4 heteroatoms. The lowest BCUT2D eigenvalue weighted by Gasteiger charge is -2.18. The number of hydrogen-bond acceptors (Lipinski definition) is 3. The minimum atomic E-state index is 0.0592. The normalized spacial score (nSPS) is 13.7. The van der Waals surface area contributed by atoms with Crippen LogP contribution in [0.15, 0.2) is 18.2 Å². The predicted octanol–water partition coefficient (Wildman–Crippen LogP) is 1.49. The molecular weight excluding hydrogens is 190 g/mol. The van der Waals surface area contributed by atoms with E-state index in [4.69, 9.17) is 5.26 Å². The highest BCUT2D eigenvalue weighted by molar-refractivity contribution is 5.94. The SMILES string of the molecule is CN(C#N)c1ccc2c(c1)CCC(=O)N2. The molecule has 0 atom stereocenters. The third-order valence-electron chi connectivity index (χ3n) is 2.52. The number of nitrogens with zero attached hydrogens (tertiary/aromatic N) is 2. The zero-order chi connectivity index (χ0) is 10.8. The van der Waals surface area contributed by atoms with Crippen molar-refractivity contribution in [1.82, 2.24) is 0 Å². The fourth-order valence-electron chi connectivity index (χ4n) is 1.64. The zero-order valence-electron chi connectivity index (χ0n) is 8.45. The van der Waals surface area contributed by atoms with E-state index in [0.29, 0.717) is 6.42 Å². The molecule has 0 spiro atoms. The molecule has 1 aromatic carbocycles. The molecule has 0 radical (unpaired) electrons. The van der Waals surface area contributed by atoms with Gasteiger partial charge in [0.05, 0.1) is 5.69 Å². The van der Waals surface area contributed by atoms with Crippen LogP contribution in [-0.2, 0) is 11.2 Å². The lowest BCUT2D eigenvalue weighted by atomic mass is 10.0. The van der Waals surface area contributed by atoms with Gasteiger partial charge in [0, 0.05) is 19.2 Å². The Labute approximate surface area is 88.1 Å². The van der Waals surface area contributed by atoms with E-state index in [9.17, 15) is 4.79 Å². The Morgan fingerprint density at radius 1 is 1.47 bits per heavy atom. The number of anilines is 2. The summed E-state index contributed by atoms with van der Waals surface area (Å²) in [4.78, 5) is 12.6. The summed E-state index contributed by atoms with van der Waals surface area (Å²) < 4.78 is 0. The van der Waals surface area contributed by atoms with Gasteiger partial charge in [-0.25, -0.2) is 0 Å². The van der Waals surface area contributed by atoms with Crippen molar-refractivity contribution in [2.75, 3.05) is 17.3 Å². The van der Waals surface area contributed by atoms with Crippen LogP contribution >= 0.6 is 0 Å². The van der Waals surface area contributed by atoms with Crippen LogP contribution in [0.4, 0.5) is 11.4 Å². The van der Waals surface area contributed by atoms with Crippen molar-refractivity contribution >= 4 is 17.3 Å². The first-order chi connectivity index (χ1) is 7.20. The van der Waals surface area contributed by atoms with E-state index in [1.54, 1.807) is 7.05 Å². The van der Waals surface area contributed by atoms with Crippen LogP contribution in [-0.4, -0.2) is 13.0 Å². The molecule has 0 unspecified atom stereocenters. The summed E-state index contributed by atoms with van der Waals surface area (Å²) in [6.45, 7) is 0. The number of hydrogen-bond donors (Lipinski definition) is 1. The Hall–Kier alpha value is -2.02. The Kier molecular flexibility index (Phi) is 2.30. The molecule has 0 aromatic heterocycles. The molecule has 1 heterocycles. The summed E-state index contributed by atoms with van der Waals surface area (Å²) in [6, 6.07) is 5.61. The number of fused-ring (bicyclic) bond motifs is 1. The van der Waals surface area contributed by atoms with Gasteiger partial charge in [-0.05, 0) is 30.2 Å². The van der Waals surface area contributed by atoms with Gasteiger partial charge in [0.2, 0.25) is 5.91 Å². The molecule has 1 amide bonds. The summed E-state index contributed by atoms with van der Waals surface area (Å²) in [7, 11) is 1.71. The van der Waals surface area contributed by atoms with E-state index in [1.165, 1.54) is 4.90 Å². The second-order valence-electron chi connectivity index (χ2n) is 3.55. The Bertz CT molecular complexity index is 448. The fourth-order valence-corrected chi connectivity index (χ4v) is 1.64. The molecule has 1 aliphatic rings. The van der Waals surface area contributed by atoms with Crippen LogP contribution in [0, 0.1) is 11.5 Å². The van der Waals surface area contributed by atoms with Crippen molar-refractivity contribution in [1.29, 1.82) is 5.26 Å². The molecule has 0 saturated carbocycles. The molecule has 1 N–H and O–H groups in total. The van der Waals surface area contributed by atoms with Crippen LogP contribution in [0.2, 0.25) is 0 Å². The number of benzene rings is 1. The third kappa shape index (κ3) is 1.77. The van der Waals surface area contributed by atoms with Gasteiger partial charge >= 0.3 is 0 Å². The molecule has 1 aliphatic heterocycles.